The van der Waals surface area contributed by atoms with Crippen LogP contribution in [-0.4, -0.2) is 43.6 Å². The lowest BCUT2D eigenvalue weighted by Crippen LogP contribution is -2.30. The van der Waals surface area contributed by atoms with Crippen molar-refractivity contribution in [2.75, 3.05) is 0 Å². The van der Waals surface area contributed by atoms with Gasteiger partial charge in [0.15, 0.2) is 12.0 Å². The Hall–Kier alpha value is -2.55. The summed E-state index contributed by atoms with van der Waals surface area (Å²) in [5.41, 5.74) is 3.62. The summed E-state index contributed by atoms with van der Waals surface area (Å²) >= 11 is 12.3. The Labute approximate surface area is 206 Å². The average Bonchev–Trinajstić information content (AvgIpc) is 3.45. The van der Waals surface area contributed by atoms with E-state index < -0.39 is 12.0 Å². The minimum atomic E-state index is -0.725. The van der Waals surface area contributed by atoms with Gasteiger partial charge in [-0.1, -0.05) is 41.4 Å². The molecular weight excluding hydrogens is 475 g/mol. The van der Waals surface area contributed by atoms with Crippen LogP contribution in [0.3, 0.4) is 0 Å². The minimum Gasteiger partial charge on any atom is -0.345 e. The molecule has 0 aliphatic carbocycles. The second-order valence-corrected chi connectivity index (χ2v) is 9.93. The molecule has 0 radical (unpaired) electrons. The van der Waals surface area contributed by atoms with Gasteiger partial charge in [0.25, 0.3) is 0 Å². The highest BCUT2D eigenvalue weighted by Gasteiger charge is 2.56. The van der Waals surface area contributed by atoms with Crippen LogP contribution in [-0.2, 0) is 14.2 Å². The average molecular weight is 497 g/mol. The van der Waals surface area contributed by atoms with E-state index in [0.717, 1.165) is 27.4 Å². The second kappa shape index (κ2) is 8.00. The predicted octanol–water partition coefficient (Wildman–Crippen LogP) is 5.81. The Morgan fingerprint density at radius 2 is 1.88 bits per heavy atom. The number of rotatable bonds is 3. The van der Waals surface area contributed by atoms with Gasteiger partial charge in [-0.15, -0.1) is 0 Å². The van der Waals surface area contributed by atoms with Gasteiger partial charge < -0.3 is 18.8 Å². The Bertz CT molecular complexity index is 1450. The molecule has 9 heteroatoms. The molecule has 4 aromatic rings. The number of benzene rings is 1. The minimum absolute atomic E-state index is 0.275. The molecule has 7 nitrogen and oxygen atoms in total. The van der Waals surface area contributed by atoms with E-state index >= 15 is 0 Å². The standard InChI is InChI=1S/C25H22Cl2N4O3/c1-13(8-14-4-5-15-10-16(26)11-28-18(15)9-14)19-20-21(34-25(2,3)33-20)24(32-19)31-7-6-17-22(27)29-12-30-23(17)31/h4-12,19-21,24H,1-3H3/b13-8+/t19-,20-,21-,24-/m1/s1. The molecule has 0 N–H and O–H groups in total. The molecule has 6 rings (SSSR count). The third-order valence-corrected chi connectivity index (χ3v) is 6.79. The third-order valence-electron chi connectivity index (χ3n) is 6.28. The molecule has 0 amide bonds. The predicted molar refractivity (Wildman–Crippen MR) is 131 cm³/mol. The molecule has 1 aromatic carbocycles. The lowest BCUT2D eigenvalue weighted by atomic mass is 10.0. The maximum absolute atomic E-state index is 6.56. The van der Waals surface area contributed by atoms with Crippen molar-refractivity contribution in [1.82, 2.24) is 19.5 Å². The zero-order chi connectivity index (χ0) is 23.6. The van der Waals surface area contributed by atoms with Gasteiger partial charge in [-0.05, 0) is 50.1 Å². The van der Waals surface area contributed by atoms with Crippen molar-refractivity contribution < 1.29 is 14.2 Å². The number of hydrogen-bond donors (Lipinski definition) is 0. The molecule has 2 saturated heterocycles. The first-order valence-electron chi connectivity index (χ1n) is 11.0. The first-order chi connectivity index (χ1) is 16.3. The normalized spacial score (nSPS) is 26.4. The number of nitrogens with zero attached hydrogens (tertiary/aromatic N) is 4. The molecule has 34 heavy (non-hydrogen) atoms. The molecule has 3 aromatic heterocycles. The van der Waals surface area contributed by atoms with Crippen LogP contribution in [0.4, 0.5) is 0 Å². The van der Waals surface area contributed by atoms with Crippen LogP contribution in [0.15, 0.2) is 54.6 Å². The van der Waals surface area contributed by atoms with Gasteiger partial charge in [0.2, 0.25) is 0 Å². The molecule has 0 spiro atoms. The summed E-state index contributed by atoms with van der Waals surface area (Å²) < 4.78 is 21.1. The number of fused-ring (bicyclic) bond motifs is 3. The van der Waals surface area contributed by atoms with Crippen LogP contribution in [0.5, 0.6) is 0 Å². The Morgan fingerprint density at radius 1 is 1.06 bits per heavy atom. The van der Waals surface area contributed by atoms with Crippen LogP contribution in [0.2, 0.25) is 10.2 Å². The Balaban J connectivity index is 1.37. The van der Waals surface area contributed by atoms with Crippen LogP contribution in [0.1, 0.15) is 32.6 Å². The lowest BCUT2D eigenvalue weighted by Gasteiger charge is -2.25. The van der Waals surface area contributed by atoms with Gasteiger partial charge in [-0.25, -0.2) is 9.97 Å². The first kappa shape index (κ1) is 21.9. The molecule has 5 heterocycles. The van der Waals surface area contributed by atoms with Crippen molar-refractivity contribution in [1.29, 1.82) is 0 Å². The van der Waals surface area contributed by atoms with E-state index in [0.29, 0.717) is 15.8 Å². The van der Waals surface area contributed by atoms with E-state index in [4.69, 9.17) is 37.4 Å². The zero-order valence-corrected chi connectivity index (χ0v) is 20.3. The van der Waals surface area contributed by atoms with Crippen molar-refractivity contribution in [3.05, 3.63) is 70.4 Å². The number of hydrogen-bond acceptors (Lipinski definition) is 6. The van der Waals surface area contributed by atoms with E-state index in [1.165, 1.54) is 6.33 Å². The van der Waals surface area contributed by atoms with Crippen molar-refractivity contribution in [2.45, 2.75) is 51.1 Å². The van der Waals surface area contributed by atoms with Gasteiger partial charge in [-0.3, -0.25) is 4.98 Å². The highest BCUT2D eigenvalue weighted by atomic mass is 35.5. The van der Waals surface area contributed by atoms with Crippen LogP contribution in [0, 0.1) is 0 Å². The quantitative estimate of drug-likeness (QED) is 0.333. The van der Waals surface area contributed by atoms with Gasteiger partial charge in [0.05, 0.1) is 15.9 Å². The van der Waals surface area contributed by atoms with E-state index in [9.17, 15) is 0 Å². The summed E-state index contributed by atoms with van der Waals surface area (Å²) in [4.78, 5) is 12.9. The molecule has 2 fully saturated rings. The highest BCUT2D eigenvalue weighted by molar-refractivity contribution is 6.33. The number of pyridine rings is 1. The first-order valence-corrected chi connectivity index (χ1v) is 11.8. The van der Waals surface area contributed by atoms with E-state index in [1.807, 2.05) is 61.9 Å². The second-order valence-electron chi connectivity index (χ2n) is 9.13. The van der Waals surface area contributed by atoms with E-state index in [-0.39, 0.29) is 18.3 Å². The summed E-state index contributed by atoms with van der Waals surface area (Å²) in [5.74, 6) is -0.725. The number of ether oxygens (including phenoxy) is 3. The van der Waals surface area contributed by atoms with E-state index in [2.05, 4.69) is 21.0 Å². The van der Waals surface area contributed by atoms with Crippen LogP contribution < -0.4 is 0 Å². The molecule has 4 atom stereocenters. The van der Waals surface area contributed by atoms with Crippen LogP contribution >= 0.6 is 23.2 Å². The van der Waals surface area contributed by atoms with Crippen LogP contribution in [0.25, 0.3) is 28.0 Å². The molecule has 2 aliphatic rings. The van der Waals surface area contributed by atoms with Crippen molar-refractivity contribution in [2.24, 2.45) is 0 Å². The molecule has 2 aliphatic heterocycles. The van der Waals surface area contributed by atoms with Crippen molar-refractivity contribution >= 4 is 51.2 Å². The van der Waals surface area contributed by atoms with Crippen molar-refractivity contribution in [3.63, 3.8) is 0 Å². The number of aromatic nitrogens is 4. The Morgan fingerprint density at radius 3 is 2.74 bits per heavy atom. The van der Waals surface area contributed by atoms with E-state index in [1.54, 1.807) is 6.20 Å². The maximum atomic E-state index is 6.56. The third kappa shape index (κ3) is 3.68. The van der Waals surface area contributed by atoms with Gasteiger partial charge in [0.1, 0.15) is 35.4 Å². The smallest absolute Gasteiger partial charge is 0.165 e. The van der Waals surface area contributed by atoms with Crippen molar-refractivity contribution in [3.8, 4) is 0 Å². The molecular formula is C25H22Cl2N4O3. The summed E-state index contributed by atoms with van der Waals surface area (Å²) in [5, 5.41) is 2.78. The molecule has 174 valence electrons. The lowest BCUT2D eigenvalue weighted by molar-refractivity contribution is -0.192. The Kier molecular flexibility index (Phi) is 5.17. The summed E-state index contributed by atoms with van der Waals surface area (Å²) in [6, 6.07) is 9.89. The van der Waals surface area contributed by atoms with Gasteiger partial charge >= 0.3 is 0 Å². The molecule has 0 bridgehead atoms. The largest absolute Gasteiger partial charge is 0.345 e. The molecule has 0 saturated carbocycles. The fraction of sp³-hybridized carbons (Fsp3) is 0.320. The number of halogens is 2. The zero-order valence-electron chi connectivity index (χ0n) is 18.8. The fourth-order valence-electron chi connectivity index (χ4n) is 4.86. The fourth-order valence-corrected chi connectivity index (χ4v) is 5.22. The summed E-state index contributed by atoms with van der Waals surface area (Å²) in [6.07, 6.45) is 5.79. The SMILES string of the molecule is C/C(=C\c1ccc2cc(Cl)cnc2c1)[C@H]1O[C@@H](n2ccc3c(Cl)ncnc32)[C@@H]2OC(C)(C)O[C@@H]21. The highest BCUT2D eigenvalue weighted by Crippen LogP contribution is 2.46. The monoisotopic (exact) mass is 496 g/mol. The molecule has 0 unspecified atom stereocenters. The van der Waals surface area contributed by atoms with Gasteiger partial charge in [-0.2, -0.15) is 0 Å². The summed E-state index contributed by atoms with van der Waals surface area (Å²) in [6.45, 7) is 5.89. The summed E-state index contributed by atoms with van der Waals surface area (Å²) in [7, 11) is 0. The topological polar surface area (TPSA) is 71.3 Å². The van der Waals surface area contributed by atoms with Gasteiger partial charge in [0, 0.05) is 17.8 Å². The maximum Gasteiger partial charge on any atom is 0.165 e.